The lowest BCUT2D eigenvalue weighted by Gasteiger charge is -2.21. The molecule has 0 fully saturated rings. The molecule has 0 bridgehead atoms. The summed E-state index contributed by atoms with van der Waals surface area (Å²) >= 11 is 1.63. The van der Waals surface area contributed by atoms with Gasteiger partial charge in [0.15, 0.2) is 4.96 Å². The molecular weight excluding hydrogens is 220 g/mol. The van der Waals surface area contributed by atoms with E-state index in [-0.39, 0.29) is 6.04 Å². The lowest BCUT2D eigenvalue weighted by atomic mass is 10.2. The quantitative estimate of drug-likeness (QED) is 0.814. The van der Waals surface area contributed by atoms with Crippen molar-refractivity contribution in [2.75, 3.05) is 7.05 Å². The molecule has 84 valence electrons. The van der Waals surface area contributed by atoms with E-state index in [1.54, 1.807) is 11.3 Å². The summed E-state index contributed by atoms with van der Waals surface area (Å²) < 4.78 is 2.03. The molecule has 2 heterocycles. The van der Waals surface area contributed by atoms with Gasteiger partial charge in [-0.15, -0.1) is 11.3 Å². The van der Waals surface area contributed by atoms with E-state index in [1.807, 2.05) is 29.2 Å². The van der Waals surface area contributed by atoms with Gasteiger partial charge in [-0.05, 0) is 14.0 Å². The van der Waals surface area contributed by atoms with Gasteiger partial charge in [0, 0.05) is 30.4 Å². The van der Waals surface area contributed by atoms with Crippen molar-refractivity contribution in [3.8, 4) is 6.07 Å². The molecule has 1 unspecified atom stereocenters. The van der Waals surface area contributed by atoms with Crippen LogP contribution in [0.1, 0.15) is 19.0 Å². The second-order valence-electron chi connectivity index (χ2n) is 3.95. The Morgan fingerprint density at radius 2 is 2.50 bits per heavy atom. The Balaban J connectivity index is 2.04. The number of imidazole rings is 1. The van der Waals surface area contributed by atoms with E-state index in [0.717, 1.165) is 17.2 Å². The van der Waals surface area contributed by atoms with Crippen molar-refractivity contribution in [1.29, 1.82) is 5.26 Å². The highest BCUT2D eigenvalue weighted by atomic mass is 32.1. The highest BCUT2D eigenvalue weighted by Crippen LogP contribution is 2.13. The third-order valence-corrected chi connectivity index (χ3v) is 3.46. The Morgan fingerprint density at radius 3 is 3.19 bits per heavy atom. The molecule has 0 aliphatic heterocycles. The summed E-state index contributed by atoms with van der Waals surface area (Å²) in [6.45, 7) is 2.85. The predicted octanol–water partition coefficient (Wildman–Crippen LogP) is 2.13. The van der Waals surface area contributed by atoms with Gasteiger partial charge in [0.1, 0.15) is 0 Å². The summed E-state index contributed by atoms with van der Waals surface area (Å²) in [5, 5.41) is 10.7. The number of fused-ring (bicyclic) bond motifs is 1. The van der Waals surface area contributed by atoms with E-state index in [9.17, 15) is 0 Å². The van der Waals surface area contributed by atoms with Gasteiger partial charge in [0.05, 0.1) is 18.2 Å². The highest BCUT2D eigenvalue weighted by Gasteiger charge is 2.11. The van der Waals surface area contributed by atoms with Crippen LogP contribution in [0, 0.1) is 11.3 Å². The van der Waals surface area contributed by atoms with Gasteiger partial charge in [-0.3, -0.25) is 9.30 Å². The standard InChI is InChI=1S/C11H14N4S/c1-9(3-4-12)14(2)7-10-8-15-5-6-16-11(15)13-10/h5-6,8-9H,3,7H2,1-2H3. The van der Waals surface area contributed by atoms with Crippen LogP contribution in [0.2, 0.25) is 0 Å². The molecule has 0 amide bonds. The van der Waals surface area contributed by atoms with Gasteiger partial charge in [0.2, 0.25) is 0 Å². The number of hydrogen-bond donors (Lipinski definition) is 0. The summed E-state index contributed by atoms with van der Waals surface area (Å²) in [6, 6.07) is 2.46. The molecule has 0 spiro atoms. The molecule has 2 aromatic rings. The molecule has 0 radical (unpaired) electrons. The normalized spacial score (nSPS) is 13.1. The van der Waals surface area contributed by atoms with Gasteiger partial charge in [0.25, 0.3) is 0 Å². The maximum absolute atomic E-state index is 8.64. The van der Waals surface area contributed by atoms with Crippen molar-refractivity contribution in [3.05, 3.63) is 23.5 Å². The van der Waals surface area contributed by atoms with E-state index < -0.39 is 0 Å². The second kappa shape index (κ2) is 4.64. The van der Waals surface area contributed by atoms with E-state index in [4.69, 9.17) is 5.26 Å². The fraction of sp³-hybridized carbons (Fsp3) is 0.455. The Labute approximate surface area is 98.8 Å². The summed E-state index contributed by atoms with van der Waals surface area (Å²) in [4.78, 5) is 7.68. The molecule has 0 aromatic carbocycles. The summed E-state index contributed by atoms with van der Waals surface area (Å²) in [6.07, 6.45) is 4.61. The Hall–Kier alpha value is -1.38. The molecular formula is C11H14N4S. The number of nitriles is 1. The van der Waals surface area contributed by atoms with E-state index in [1.165, 1.54) is 0 Å². The van der Waals surface area contributed by atoms with Crippen LogP contribution >= 0.6 is 11.3 Å². The Kier molecular flexibility index (Phi) is 3.22. The van der Waals surface area contributed by atoms with Crippen LogP contribution < -0.4 is 0 Å². The third-order valence-electron chi connectivity index (χ3n) is 2.69. The van der Waals surface area contributed by atoms with Crippen LogP contribution in [0.4, 0.5) is 0 Å². The zero-order chi connectivity index (χ0) is 11.5. The molecule has 16 heavy (non-hydrogen) atoms. The Bertz CT molecular complexity index is 479. The maximum atomic E-state index is 8.64. The zero-order valence-electron chi connectivity index (χ0n) is 9.42. The number of thiazole rings is 1. The lowest BCUT2D eigenvalue weighted by molar-refractivity contribution is 0.250. The second-order valence-corrected chi connectivity index (χ2v) is 4.82. The molecule has 0 aliphatic carbocycles. The smallest absolute Gasteiger partial charge is 0.193 e. The number of aromatic nitrogens is 2. The molecule has 1 atom stereocenters. The number of rotatable bonds is 4. The van der Waals surface area contributed by atoms with Gasteiger partial charge in [-0.1, -0.05) is 0 Å². The van der Waals surface area contributed by atoms with E-state index >= 15 is 0 Å². The van der Waals surface area contributed by atoms with Crippen molar-refractivity contribution >= 4 is 16.3 Å². The van der Waals surface area contributed by atoms with Crippen molar-refractivity contribution in [2.24, 2.45) is 0 Å². The van der Waals surface area contributed by atoms with Crippen LogP contribution in [0.3, 0.4) is 0 Å². The molecule has 2 rings (SSSR count). The van der Waals surface area contributed by atoms with Crippen LogP contribution in [0.25, 0.3) is 4.96 Å². The van der Waals surface area contributed by atoms with Gasteiger partial charge >= 0.3 is 0 Å². The van der Waals surface area contributed by atoms with Crippen molar-refractivity contribution < 1.29 is 0 Å². The summed E-state index contributed by atoms with van der Waals surface area (Å²) in [7, 11) is 2.02. The monoisotopic (exact) mass is 234 g/mol. The average molecular weight is 234 g/mol. The first-order chi connectivity index (χ1) is 7.70. The van der Waals surface area contributed by atoms with Crippen LogP contribution in [-0.4, -0.2) is 27.4 Å². The maximum Gasteiger partial charge on any atom is 0.193 e. The topological polar surface area (TPSA) is 44.3 Å². The molecule has 2 aromatic heterocycles. The van der Waals surface area contributed by atoms with Gasteiger partial charge in [-0.2, -0.15) is 5.26 Å². The first kappa shape index (κ1) is 11.1. The molecule has 0 N–H and O–H groups in total. The molecule has 5 heteroatoms. The van der Waals surface area contributed by atoms with Crippen molar-refractivity contribution in [1.82, 2.24) is 14.3 Å². The largest absolute Gasteiger partial charge is 0.297 e. The van der Waals surface area contributed by atoms with E-state index in [2.05, 4.69) is 22.9 Å². The average Bonchev–Trinajstić information content (AvgIpc) is 2.78. The minimum absolute atomic E-state index is 0.268. The predicted molar refractivity (Wildman–Crippen MR) is 64.2 cm³/mol. The first-order valence-corrected chi connectivity index (χ1v) is 6.07. The molecule has 0 saturated carbocycles. The summed E-state index contributed by atoms with van der Waals surface area (Å²) in [5.41, 5.74) is 1.05. The van der Waals surface area contributed by atoms with E-state index in [0.29, 0.717) is 6.42 Å². The van der Waals surface area contributed by atoms with Crippen LogP contribution in [0.5, 0.6) is 0 Å². The fourth-order valence-electron chi connectivity index (χ4n) is 1.55. The Morgan fingerprint density at radius 1 is 1.69 bits per heavy atom. The van der Waals surface area contributed by atoms with Gasteiger partial charge < -0.3 is 0 Å². The lowest BCUT2D eigenvalue weighted by Crippen LogP contribution is -2.28. The van der Waals surface area contributed by atoms with Crippen LogP contribution in [0.15, 0.2) is 17.8 Å². The third kappa shape index (κ3) is 2.23. The minimum atomic E-state index is 0.268. The first-order valence-electron chi connectivity index (χ1n) is 5.19. The molecule has 0 aliphatic rings. The number of nitrogens with zero attached hydrogens (tertiary/aromatic N) is 4. The van der Waals surface area contributed by atoms with Crippen molar-refractivity contribution in [3.63, 3.8) is 0 Å². The van der Waals surface area contributed by atoms with Crippen molar-refractivity contribution in [2.45, 2.75) is 25.9 Å². The van der Waals surface area contributed by atoms with Crippen LogP contribution in [-0.2, 0) is 6.54 Å². The number of hydrogen-bond acceptors (Lipinski definition) is 4. The molecule has 0 saturated heterocycles. The summed E-state index contributed by atoms with van der Waals surface area (Å²) in [5.74, 6) is 0. The van der Waals surface area contributed by atoms with Gasteiger partial charge in [-0.25, -0.2) is 4.98 Å². The minimum Gasteiger partial charge on any atom is -0.297 e. The fourth-order valence-corrected chi connectivity index (χ4v) is 2.27. The zero-order valence-corrected chi connectivity index (χ0v) is 10.2. The highest BCUT2D eigenvalue weighted by molar-refractivity contribution is 7.15. The molecule has 4 nitrogen and oxygen atoms in total. The SMILES string of the molecule is CC(CC#N)N(C)Cc1cn2ccsc2n1.